The standard InChI is InChI=1S/C20H21N3O4/c1-3-11-27-16-10-9-14(17(24)12-16)13-21-23-18(25)20(2,22-19(23)26)15-7-5-4-6-8-15/h4-10,12-13,24H,3,11H2,1-2H3,(H,22,26)/b21-13+/t20-/m0/s1. The number of rotatable bonds is 6. The molecule has 1 aliphatic heterocycles. The van der Waals surface area contributed by atoms with Gasteiger partial charge in [-0.1, -0.05) is 37.3 Å². The van der Waals surface area contributed by atoms with Gasteiger partial charge in [-0.2, -0.15) is 5.10 Å². The zero-order valence-corrected chi connectivity index (χ0v) is 15.2. The molecule has 0 aromatic heterocycles. The second kappa shape index (κ2) is 7.49. The molecule has 1 heterocycles. The molecule has 2 aromatic carbocycles. The number of ether oxygens (including phenoxy) is 1. The number of urea groups is 1. The Bertz CT molecular complexity index is 882. The van der Waals surface area contributed by atoms with Crippen molar-refractivity contribution in [2.24, 2.45) is 5.10 Å². The number of amides is 3. The number of nitrogens with zero attached hydrogens (tertiary/aromatic N) is 2. The molecule has 2 N–H and O–H groups in total. The van der Waals surface area contributed by atoms with E-state index in [2.05, 4.69) is 10.4 Å². The van der Waals surface area contributed by atoms with Crippen molar-refractivity contribution in [3.8, 4) is 11.5 Å². The lowest BCUT2D eigenvalue weighted by Crippen LogP contribution is -2.40. The van der Waals surface area contributed by atoms with Crippen LogP contribution < -0.4 is 10.1 Å². The molecule has 0 aliphatic carbocycles. The molecule has 7 heteroatoms. The van der Waals surface area contributed by atoms with Gasteiger partial charge in [0.25, 0.3) is 5.91 Å². The van der Waals surface area contributed by atoms with Gasteiger partial charge in [-0.05, 0) is 31.0 Å². The summed E-state index contributed by atoms with van der Waals surface area (Å²) in [5.74, 6) is 0.000659. The highest BCUT2D eigenvalue weighted by atomic mass is 16.5. The molecule has 3 rings (SSSR count). The van der Waals surface area contributed by atoms with Gasteiger partial charge in [0.1, 0.15) is 17.0 Å². The first-order valence-corrected chi connectivity index (χ1v) is 8.67. The van der Waals surface area contributed by atoms with E-state index >= 15 is 0 Å². The zero-order chi connectivity index (χ0) is 19.4. The molecule has 3 amide bonds. The third-order valence-electron chi connectivity index (χ3n) is 4.31. The number of carbonyl (C=O) groups excluding carboxylic acids is 2. The molecular formula is C20H21N3O4. The van der Waals surface area contributed by atoms with E-state index in [1.165, 1.54) is 12.3 Å². The normalized spacial score (nSPS) is 19.6. The molecule has 0 saturated carbocycles. The molecular weight excluding hydrogens is 346 g/mol. The topological polar surface area (TPSA) is 91.2 Å². The van der Waals surface area contributed by atoms with Crippen molar-refractivity contribution in [3.05, 3.63) is 59.7 Å². The lowest BCUT2D eigenvalue weighted by molar-refractivity contribution is -0.131. The smallest absolute Gasteiger partial charge is 0.346 e. The summed E-state index contributed by atoms with van der Waals surface area (Å²) in [6.45, 7) is 4.17. The van der Waals surface area contributed by atoms with E-state index in [4.69, 9.17) is 4.74 Å². The van der Waals surface area contributed by atoms with Gasteiger partial charge in [0, 0.05) is 11.6 Å². The van der Waals surface area contributed by atoms with E-state index in [0.717, 1.165) is 11.4 Å². The van der Waals surface area contributed by atoms with Crippen molar-refractivity contribution >= 4 is 18.2 Å². The summed E-state index contributed by atoms with van der Waals surface area (Å²) in [6, 6.07) is 13.1. The summed E-state index contributed by atoms with van der Waals surface area (Å²) in [7, 11) is 0. The van der Waals surface area contributed by atoms with Crippen LogP contribution in [0.15, 0.2) is 53.6 Å². The number of hydrogen-bond acceptors (Lipinski definition) is 5. The molecule has 1 aliphatic rings. The highest BCUT2D eigenvalue weighted by Gasteiger charge is 2.49. The van der Waals surface area contributed by atoms with Crippen molar-refractivity contribution in [1.29, 1.82) is 0 Å². The van der Waals surface area contributed by atoms with Gasteiger partial charge in [0.05, 0.1) is 12.8 Å². The Morgan fingerprint density at radius 1 is 1.22 bits per heavy atom. The third-order valence-corrected chi connectivity index (χ3v) is 4.31. The minimum absolute atomic E-state index is 0.0507. The average Bonchev–Trinajstić information content (AvgIpc) is 2.90. The number of aromatic hydroxyl groups is 1. The maximum absolute atomic E-state index is 12.8. The van der Waals surface area contributed by atoms with Gasteiger partial charge in [0.2, 0.25) is 0 Å². The molecule has 2 aromatic rings. The quantitative estimate of drug-likeness (QED) is 0.606. The molecule has 0 unspecified atom stereocenters. The number of imide groups is 1. The van der Waals surface area contributed by atoms with Crippen molar-refractivity contribution in [2.75, 3.05) is 6.61 Å². The maximum atomic E-state index is 12.8. The van der Waals surface area contributed by atoms with Gasteiger partial charge < -0.3 is 15.2 Å². The molecule has 0 radical (unpaired) electrons. The summed E-state index contributed by atoms with van der Waals surface area (Å²) in [6.07, 6.45) is 2.13. The van der Waals surface area contributed by atoms with Crippen molar-refractivity contribution < 1.29 is 19.4 Å². The van der Waals surface area contributed by atoms with Crippen LogP contribution in [0.1, 0.15) is 31.4 Å². The molecule has 1 saturated heterocycles. The number of nitrogens with one attached hydrogen (secondary N) is 1. The van der Waals surface area contributed by atoms with E-state index < -0.39 is 17.5 Å². The van der Waals surface area contributed by atoms with Crippen molar-refractivity contribution in [3.63, 3.8) is 0 Å². The summed E-state index contributed by atoms with van der Waals surface area (Å²) in [5, 5.41) is 17.5. The fraction of sp³-hybridized carbons (Fsp3) is 0.250. The van der Waals surface area contributed by atoms with Gasteiger partial charge in [-0.15, -0.1) is 5.01 Å². The van der Waals surface area contributed by atoms with Crippen LogP contribution in [0.3, 0.4) is 0 Å². The summed E-state index contributed by atoms with van der Waals surface area (Å²) in [5.41, 5.74) is -0.149. The minimum Gasteiger partial charge on any atom is -0.507 e. The maximum Gasteiger partial charge on any atom is 0.346 e. The fourth-order valence-corrected chi connectivity index (χ4v) is 2.76. The number of carbonyl (C=O) groups is 2. The fourth-order valence-electron chi connectivity index (χ4n) is 2.76. The SMILES string of the molecule is CCCOc1ccc(/C=N/N2C(=O)N[C@@](C)(c3ccccc3)C2=O)c(O)c1. The van der Waals surface area contributed by atoms with Crippen molar-refractivity contribution in [1.82, 2.24) is 10.3 Å². The Balaban J connectivity index is 1.79. The first-order valence-electron chi connectivity index (χ1n) is 8.67. The van der Waals surface area contributed by atoms with E-state index in [-0.39, 0.29) is 5.75 Å². The first-order chi connectivity index (χ1) is 13.0. The molecule has 7 nitrogen and oxygen atoms in total. The zero-order valence-electron chi connectivity index (χ0n) is 15.2. The highest BCUT2D eigenvalue weighted by molar-refractivity contribution is 6.07. The molecule has 27 heavy (non-hydrogen) atoms. The Kier molecular flexibility index (Phi) is 5.12. The Morgan fingerprint density at radius 3 is 2.63 bits per heavy atom. The first kappa shape index (κ1) is 18.4. The van der Waals surface area contributed by atoms with E-state index in [0.29, 0.717) is 23.5 Å². The predicted molar refractivity (Wildman–Crippen MR) is 101 cm³/mol. The Morgan fingerprint density at radius 2 is 1.96 bits per heavy atom. The highest BCUT2D eigenvalue weighted by Crippen LogP contribution is 2.29. The van der Waals surface area contributed by atoms with Crippen LogP contribution in [0.4, 0.5) is 4.79 Å². The molecule has 0 bridgehead atoms. The van der Waals surface area contributed by atoms with E-state index in [9.17, 15) is 14.7 Å². The summed E-state index contributed by atoms with van der Waals surface area (Å²) < 4.78 is 5.45. The number of hydrazone groups is 1. The summed E-state index contributed by atoms with van der Waals surface area (Å²) in [4.78, 5) is 25.0. The Labute approximate surface area is 157 Å². The van der Waals surface area contributed by atoms with Gasteiger partial charge in [-0.3, -0.25) is 4.79 Å². The second-order valence-electron chi connectivity index (χ2n) is 6.35. The van der Waals surface area contributed by atoms with Crippen LogP contribution in [0.25, 0.3) is 0 Å². The second-order valence-corrected chi connectivity index (χ2v) is 6.35. The monoisotopic (exact) mass is 367 g/mol. The number of hydrogen-bond donors (Lipinski definition) is 2. The molecule has 1 fully saturated rings. The largest absolute Gasteiger partial charge is 0.507 e. The number of benzene rings is 2. The lowest BCUT2D eigenvalue weighted by atomic mass is 9.92. The van der Waals surface area contributed by atoms with Gasteiger partial charge >= 0.3 is 6.03 Å². The molecule has 140 valence electrons. The van der Waals surface area contributed by atoms with Crippen LogP contribution in [0.2, 0.25) is 0 Å². The predicted octanol–water partition coefficient (Wildman–Crippen LogP) is 2.98. The van der Waals surface area contributed by atoms with Crippen LogP contribution in [0, 0.1) is 0 Å². The van der Waals surface area contributed by atoms with E-state index in [1.54, 1.807) is 43.3 Å². The van der Waals surface area contributed by atoms with Crippen LogP contribution in [-0.2, 0) is 10.3 Å². The van der Waals surface area contributed by atoms with Crippen LogP contribution in [-0.4, -0.2) is 34.9 Å². The van der Waals surface area contributed by atoms with Crippen molar-refractivity contribution in [2.45, 2.75) is 25.8 Å². The average molecular weight is 367 g/mol. The Hall–Kier alpha value is -3.35. The lowest BCUT2D eigenvalue weighted by Gasteiger charge is -2.20. The van der Waals surface area contributed by atoms with Crippen LogP contribution >= 0.6 is 0 Å². The molecule has 0 spiro atoms. The van der Waals surface area contributed by atoms with Gasteiger partial charge in [-0.25, -0.2) is 4.79 Å². The number of phenolic OH excluding ortho intramolecular Hbond substituents is 1. The molecule has 1 atom stereocenters. The third kappa shape index (κ3) is 3.62. The summed E-state index contributed by atoms with van der Waals surface area (Å²) >= 11 is 0. The number of phenols is 1. The van der Waals surface area contributed by atoms with E-state index in [1.807, 2.05) is 13.0 Å². The van der Waals surface area contributed by atoms with Crippen LogP contribution in [0.5, 0.6) is 11.5 Å². The van der Waals surface area contributed by atoms with Gasteiger partial charge in [0.15, 0.2) is 0 Å². The minimum atomic E-state index is -1.18.